The number of morpholine rings is 1. The fourth-order valence-corrected chi connectivity index (χ4v) is 3.68. The predicted octanol–water partition coefficient (Wildman–Crippen LogP) is 2.13. The van der Waals surface area contributed by atoms with Gasteiger partial charge < -0.3 is 9.64 Å². The van der Waals surface area contributed by atoms with Crippen molar-refractivity contribution in [3.63, 3.8) is 0 Å². The summed E-state index contributed by atoms with van der Waals surface area (Å²) in [6.07, 6.45) is 0. The summed E-state index contributed by atoms with van der Waals surface area (Å²) >= 11 is 1.19. The van der Waals surface area contributed by atoms with Crippen LogP contribution in [0.5, 0.6) is 0 Å². The van der Waals surface area contributed by atoms with Crippen LogP contribution in [0.25, 0.3) is 0 Å². The van der Waals surface area contributed by atoms with Gasteiger partial charge in [-0.05, 0) is 19.4 Å². The zero-order chi connectivity index (χ0) is 16.4. The van der Waals surface area contributed by atoms with Crippen LogP contribution in [0.2, 0.25) is 0 Å². The third-order valence-electron chi connectivity index (χ3n) is 4.30. The number of ether oxygens (including phenoxy) is 1. The van der Waals surface area contributed by atoms with Crippen molar-refractivity contribution >= 4 is 17.2 Å². The molecule has 1 aromatic carbocycles. The molecule has 0 bridgehead atoms. The molecule has 1 fully saturated rings. The second-order valence-corrected chi connectivity index (χ2v) is 6.85. The molecule has 0 aliphatic carbocycles. The van der Waals surface area contributed by atoms with Gasteiger partial charge in [-0.15, -0.1) is 0 Å². The number of thiazole rings is 1. The van der Waals surface area contributed by atoms with Gasteiger partial charge in [-0.1, -0.05) is 41.7 Å². The second-order valence-electron chi connectivity index (χ2n) is 5.68. The first-order valence-electron chi connectivity index (χ1n) is 7.67. The molecule has 0 N–H and O–H groups in total. The van der Waals surface area contributed by atoms with Crippen LogP contribution in [-0.2, 0) is 16.1 Å². The topological polar surface area (TPSA) is 51.5 Å². The van der Waals surface area contributed by atoms with E-state index in [4.69, 9.17) is 4.74 Å². The van der Waals surface area contributed by atoms with Crippen LogP contribution in [-0.4, -0.2) is 35.1 Å². The molecular formula is C17H20N2O3S. The number of hydrogen-bond donors (Lipinski definition) is 0. The number of amides is 1. The molecule has 2 heterocycles. The van der Waals surface area contributed by atoms with Crippen LogP contribution in [0.3, 0.4) is 0 Å². The number of carbonyl (C=O) groups is 1. The summed E-state index contributed by atoms with van der Waals surface area (Å²) in [5.74, 6) is -0.0369. The van der Waals surface area contributed by atoms with Gasteiger partial charge in [0.2, 0.25) is 5.91 Å². The third-order valence-corrected chi connectivity index (χ3v) is 5.30. The van der Waals surface area contributed by atoms with Crippen molar-refractivity contribution in [2.75, 3.05) is 19.8 Å². The van der Waals surface area contributed by atoms with Gasteiger partial charge in [0.15, 0.2) is 0 Å². The molecular weight excluding hydrogens is 312 g/mol. The summed E-state index contributed by atoms with van der Waals surface area (Å²) in [5, 5.41) is 0. The lowest BCUT2D eigenvalue weighted by atomic mass is 10.0. The maximum Gasteiger partial charge on any atom is 0.308 e. The first-order chi connectivity index (χ1) is 11.1. The molecule has 1 atom stereocenters. The van der Waals surface area contributed by atoms with E-state index < -0.39 is 0 Å². The van der Waals surface area contributed by atoms with Crippen molar-refractivity contribution in [3.8, 4) is 0 Å². The van der Waals surface area contributed by atoms with Gasteiger partial charge in [0, 0.05) is 17.1 Å². The van der Waals surface area contributed by atoms with Crippen LogP contribution in [0, 0.1) is 13.8 Å². The summed E-state index contributed by atoms with van der Waals surface area (Å²) in [6, 6.07) is 9.80. The van der Waals surface area contributed by atoms with Gasteiger partial charge in [-0.3, -0.25) is 14.2 Å². The van der Waals surface area contributed by atoms with Gasteiger partial charge >= 0.3 is 4.87 Å². The van der Waals surface area contributed by atoms with Crippen LogP contribution < -0.4 is 4.87 Å². The highest BCUT2D eigenvalue weighted by Gasteiger charge is 2.29. The van der Waals surface area contributed by atoms with Crippen molar-refractivity contribution in [1.29, 1.82) is 0 Å². The fraction of sp³-hybridized carbons (Fsp3) is 0.412. The van der Waals surface area contributed by atoms with Gasteiger partial charge in [0.25, 0.3) is 0 Å². The summed E-state index contributed by atoms with van der Waals surface area (Å²) in [5.41, 5.74) is 1.93. The average Bonchev–Trinajstić information content (AvgIpc) is 2.82. The SMILES string of the molecule is Cc1sc(=O)n(CC(=O)N2CCOCC2c2ccccc2)c1C. The van der Waals surface area contributed by atoms with Gasteiger partial charge in [0.05, 0.1) is 19.3 Å². The molecule has 5 nitrogen and oxygen atoms in total. The number of nitrogens with zero attached hydrogens (tertiary/aromatic N) is 2. The Morgan fingerprint density at radius 2 is 2.04 bits per heavy atom. The standard InChI is InChI=1S/C17H20N2O3S/c1-12-13(2)23-17(21)19(12)10-16(20)18-8-9-22-11-15(18)14-6-4-3-5-7-14/h3-7,15H,8-11H2,1-2H3. The number of aromatic nitrogens is 1. The number of rotatable bonds is 3. The third kappa shape index (κ3) is 3.23. The number of hydrogen-bond acceptors (Lipinski definition) is 4. The van der Waals surface area contributed by atoms with E-state index in [-0.39, 0.29) is 23.4 Å². The lowest BCUT2D eigenvalue weighted by molar-refractivity contribution is -0.140. The van der Waals surface area contributed by atoms with E-state index in [1.165, 1.54) is 11.3 Å². The Morgan fingerprint density at radius 1 is 1.30 bits per heavy atom. The minimum atomic E-state index is -0.0896. The number of carbonyl (C=O) groups excluding carboxylic acids is 1. The van der Waals surface area contributed by atoms with Gasteiger partial charge in [-0.25, -0.2) is 0 Å². The largest absolute Gasteiger partial charge is 0.377 e. The van der Waals surface area contributed by atoms with Crippen LogP contribution >= 0.6 is 11.3 Å². The van der Waals surface area contributed by atoms with E-state index in [2.05, 4.69) is 0 Å². The Hall–Kier alpha value is -1.92. The molecule has 1 aromatic heterocycles. The molecule has 0 saturated carbocycles. The summed E-state index contributed by atoms with van der Waals surface area (Å²) in [6.45, 7) is 5.46. The van der Waals surface area contributed by atoms with Gasteiger partial charge in [-0.2, -0.15) is 0 Å². The highest BCUT2D eigenvalue weighted by Crippen LogP contribution is 2.24. The minimum Gasteiger partial charge on any atom is -0.377 e. The molecule has 0 radical (unpaired) electrons. The lowest BCUT2D eigenvalue weighted by Gasteiger charge is -2.36. The molecule has 2 aromatic rings. The molecule has 3 rings (SSSR count). The molecule has 0 spiro atoms. The average molecular weight is 332 g/mol. The Balaban J connectivity index is 1.83. The maximum absolute atomic E-state index is 12.8. The Bertz CT molecular complexity index is 751. The monoisotopic (exact) mass is 332 g/mol. The Labute approximate surface area is 139 Å². The van der Waals surface area contributed by atoms with Crippen molar-refractivity contribution in [2.45, 2.75) is 26.4 Å². The van der Waals surface area contributed by atoms with Crippen molar-refractivity contribution in [1.82, 2.24) is 9.47 Å². The quantitative estimate of drug-likeness (QED) is 0.865. The van der Waals surface area contributed by atoms with E-state index in [0.717, 1.165) is 16.1 Å². The highest BCUT2D eigenvalue weighted by molar-refractivity contribution is 7.09. The molecule has 6 heteroatoms. The van der Waals surface area contributed by atoms with Crippen molar-refractivity contribution in [3.05, 3.63) is 56.1 Å². The molecule has 23 heavy (non-hydrogen) atoms. The molecule has 1 saturated heterocycles. The maximum atomic E-state index is 12.8. The van der Waals surface area contributed by atoms with Gasteiger partial charge in [0.1, 0.15) is 6.54 Å². The molecule has 1 amide bonds. The van der Waals surface area contributed by atoms with E-state index in [0.29, 0.717) is 19.8 Å². The summed E-state index contributed by atoms with van der Waals surface area (Å²) < 4.78 is 7.13. The van der Waals surface area contributed by atoms with E-state index in [1.807, 2.05) is 49.1 Å². The normalized spacial score (nSPS) is 18.2. The Kier molecular flexibility index (Phi) is 4.63. The van der Waals surface area contributed by atoms with Crippen LogP contribution in [0.4, 0.5) is 0 Å². The Morgan fingerprint density at radius 3 is 2.70 bits per heavy atom. The zero-order valence-corrected chi connectivity index (χ0v) is 14.1. The van der Waals surface area contributed by atoms with Crippen LogP contribution in [0.1, 0.15) is 22.2 Å². The second kappa shape index (κ2) is 6.68. The summed E-state index contributed by atoms with van der Waals surface area (Å²) in [7, 11) is 0. The van der Waals surface area contributed by atoms with E-state index in [1.54, 1.807) is 4.57 Å². The van der Waals surface area contributed by atoms with E-state index in [9.17, 15) is 9.59 Å². The predicted molar refractivity (Wildman–Crippen MR) is 89.8 cm³/mol. The van der Waals surface area contributed by atoms with Crippen molar-refractivity contribution in [2.24, 2.45) is 0 Å². The van der Waals surface area contributed by atoms with Crippen LogP contribution in [0.15, 0.2) is 35.1 Å². The molecule has 1 unspecified atom stereocenters. The van der Waals surface area contributed by atoms with E-state index >= 15 is 0 Å². The number of aryl methyl sites for hydroxylation is 1. The number of benzene rings is 1. The first-order valence-corrected chi connectivity index (χ1v) is 8.48. The lowest BCUT2D eigenvalue weighted by Crippen LogP contribution is -2.45. The molecule has 1 aliphatic heterocycles. The highest BCUT2D eigenvalue weighted by atomic mass is 32.1. The first kappa shape index (κ1) is 16.0. The zero-order valence-electron chi connectivity index (χ0n) is 13.3. The smallest absolute Gasteiger partial charge is 0.308 e. The summed E-state index contributed by atoms with van der Waals surface area (Å²) in [4.78, 5) is 27.5. The van der Waals surface area contributed by atoms with Crippen molar-refractivity contribution < 1.29 is 9.53 Å². The fourth-order valence-electron chi connectivity index (χ4n) is 2.85. The minimum absolute atomic E-state index is 0.0369. The molecule has 1 aliphatic rings. The molecule has 122 valence electrons.